The van der Waals surface area contributed by atoms with Crippen LogP contribution >= 0.6 is 23.2 Å². The van der Waals surface area contributed by atoms with E-state index in [4.69, 9.17) is 46.9 Å². The van der Waals surface area contributed by atoms with Gasteiger partial charge in [0.05, 0.1) is 0 Å². The SMILES string of the molecule is CC(=O)OC[C@H]1O[C@@H](OC(=O)NCC(=O)Nc2ccc(NC(=O)CCCc3ccc(N(CCCl)CCCl)cc3)cc2)[C@@H](F)[C@@H](OC(C)=O)[C@@H]1OC(C)=O. The fourth-order valence-electron chi connectivity index (χ4n) is 5.22. The van der Waals surface area contributed by atoms with Gasteiger partial charge in [-0.05, 0) is 54.8 Å². The molecule has 3 amide bonds. The van der Waals surface area contributed by atoms with Crippen LogP contribution in [0.4, 0.5) is 26.2 Å². The summed E-state index contributed by atoms with van der Waals surface area (Å²) < 4.78 is 40.8. The lowest BCUT2D eigenvalue weighted by molar-refractivity contribution is -0.278. The lowest BCUT2D eigenvalue weighted by atomic mass is 9.99. The number of esters is 3. The second-order valence-corrected chi connectivity index (χ2v) is 12.5. The zero-order valence-corrected chi connectivity index (χ0v) is 31.0. The largest absolute Gasteiger partial charge is 0.463 e. The summed E-state index contributed by atoms with van der Waals surface area (Å²) in [6.07, 6.45) is -8.62. The summed E-state index contributed by atoms with van der Waals surface area (Å²) in [5, 5.41) is 7.52. The van der Waals surface area contributed by atoms with Gasteiger partial charge in [-0.3, -0.25) is 24.0 Å². The highest BCUT2D eigenvalue weighted by Crippen LogP contribution is 2.30. The summed E-state index contributed by atoms with van der Waals surface area (Å²) in [5.74, 6) is -2.37. The molecule has 1 saturated heterocycles. The summed E-state index contributed by atoms with van der Waals surface area (Å²) in [5.41, 5.74) is 3.01. The zero-order chi connectivity index (χ0) is 38.9. The number of hydrogen-bond acceptors (Lipinski definition) is 12. The Bertz CT molecular complexity index is 1550. The minimum atomic E-state index is -2.33. The quantitative estimate of drug-likeness (QED) is 0.112. The normalized spacial score (nSPS) is 19.2. The van der Waals surface area contributed by atoms with Crippen molar-refractivity contribution < 1.29 is 56.8 Å². The molecule has 3 N–H and O–H groups in total. The van der Waals surface area contributed by atoms with Gasteiger partial charge in [0.1, 0.15) is 19.3 Å². The Labute approximate surface area is 316 Å². The maximum Gasteiger partial charge on any atom is 0.410 e. The molecule has 0 bridgehead atoms. The van der Waals surface area contributed by atoms with Crippen LogP contribution in [0.5, 0.6) is 0 Å². The number of carbonyl (C=O) groups excluding carboxylic acids is 6. The Morgan fingerprint density at radius 1 is 0.774 bits per heavy atom. The summed E-state index contributed by atoms with van der Waals surface area (Å²) >= 11 is 11.8. The Kier molecular flexibility index (Phi) is 17.5. The molecule has 0 aromatic heterocycles. The van der Waals surface area contributed by atoms with Crippen LogP contribution in [0, 0.1) is 0 Å². The number of alkyl carbamates (subject to hydrolysis) is 1. The predicted molar refractivity (Wildman–Crippen MR) is 193 cm³/mol. The van der Waals surface area contributed by atoms with Crippen molar-refractivity contribution in [3.05, 3.63) is 54.1 Å². The van der Waals surface area contributed by atoms with Crippen LogP contribution in [0.25, 0.3) is 0 Å². The van der Waals surface area contributed by atoms with E-state index in [0.717, 1.165) is 38.4 Å². The Morgan fingerprint density at radius 3 is 1.89 bits per heavy atom. The lowest BCUT2D eigenvalue weighted by Crippen LogP contribution is -2.61. The second-order valence-electron chi connectivity index (χ2n) is 11.8. The minimum Gasteiger partial charge on any atom is -0.463 e. The monoisotopic (exact) mass is 784 g/mol. The van der Waals surface area contributed by atoms with Gasteiger partial charge in [-0.1, -0.05) is 12.1 Å². The molecular weight excluding hydrogens is 742 g/mol. The predicted octanol–water partition coefficient (Wildman–Crippen LogP) is 4.09. The third-order valence-corrected chi connectivity index (χ3v) is 7.91. The second kappa shape index (κ2) is 21.8. The van der Waals surface area contributed by atoms with Crippen LogP contribution in [0.1, 0.15) is 39.2 Å². The van der Waals surface area contributed by atoms with Crippen LogP contribution in [0.3, 0.4) is 0 Å². The van der Waals surface area contributed by atoms with Crippen molar-refractivity contribution >= 4 is 76.1 Å². The smallest absolute Gasteiger partial charge is 0.410 e. The van der Waals surface area contributed by atoms with Crippen molar-refractivity contribution in [2.24, 2.45) is 0 Å². The first-order chi connectivity index (χ1) is 25.3. The summed E-state index contributed by atoms with van der Waals surface area (Å²) in [6.45, 7) is 3.37. The highest BCUT2D eigenvalue weighted by Gasteiger charge is 2.52. The Balaban J connectivity index is 1.44. The summed E-state index contributed by atoms with van der Waals surface area (Å²) in [7, 11) is 0. The first-order valence-corrected chi connectivity index (χ1v) is 17.7. The fraction of sp³-hybridized carbons (Fsp3) is 0.486. The number of alkyl halides is 3. The van der Waals surface area contributed by atoms with Crippen molar-refractivity contribution in [1.82, 2.24) is 5.32 Å². The number of aryl methyl sites for hydroxylation is 1. The molecule has 0 unspecified atom stereocenters. The van der Waals surface area contributed by atoms with Gasteiger partial charge in [0.15, 0.2) is 12.2 Å². The molecule has 0 saturated carbocycles. The number of nitrogens with one attached hydrogen (secondary N) is 3. The van der Waals surface area contributed by atoms with Crippen molar-refractivity contribution in [1.29, 1.82) is 0 Å². The van der Waals surface area contributed by atoms with Gasteiger partial charge in [-0.25, -0.2) is 9.18 Å². The van der Waals surface area contributed by atoms with Gasteiger partial charge in [0.25, 0.3) is 0 Å². The fourth-order valence-corrected chi connectivity index (χ4v) is 5.63. The van der Waals surface area contributed by atoms with Gasteiger partial charge in [0, 0.05) is 69.1 Å². The maximum atomic E-state index is 15.4. The number of nitrogens with zero attached hydrogens (tertiary/aromatic N) is 1. The van der Waals surface area contributed by atoms with E-state index in [9.17, 15) is 28.8 Å². The molecule has 0 aliphatic carbocycles. The van der Waals surface area contributed by atoms with E-state index in [1.165, 1.54) is 0 Å². The molecule has 0 spiro atoms. The molecule has 53 heavy (non-hydrogen) atoms. The number of halogens is 3. The van der Waals surface area contributed by atoms with Crippen molar-refractivity contribution in [2.75, 3.05) is 53.5 Å². The van der Waals surface area contributed by atoms with E-state index in [0.29, 0.717) is 49.1 Å². The number of ether oxygens (including phenoxy) is 5. The van der Waals surface area contributed by atoms with Crippen LogP contribution in [-0.2, 0) is 54.1 Å². The van der Waals surface area contributed by atoms with Crippen molar-refractivity contribution in [2.45, 2.75) is 70.8 Å². The number of rotatable bonds is 18. The number of anilines is 3. The minimum absolute atomic E-state index is 0.173. The third kappa shape index (κ3) is 14.7. The first kappa shape index (κ1) is 42.7. The lowest BCUT2D eigenvalue weighted by Gasteiger charge is -2.41. The number of carbonyl (C=O) groups is 6. The van der Waals surface area contributed by atoms with Gasteiger partial charge in [-0.2, -0.15) is 0 Å². The van der Waals surface area contributed by atoms with E-state index in [1.807, 2.05) is 24.3 Å². The highest BCUT2D eigenvalue weighted by molar-refractivity contribution is 6.18. The molecule has 1 aliphatic heterocycles. The standard InChI is InChI=1S/C35H43Cl2FN4O11/c1-21(43)49-20-28-32(50-22(2)44)33(51-23(3)45)31(38)34(52-28)53-35(48)39-19-30(47)41-26-11-9-25(10-12-26)40-29(46)6-4-5-24-7-13-27(14-8-24)42(17-15-36)18-16-37/h7-14,28,31-34H,4-6,15-20H2,1-3H3,(H,39,48)(H,40,46)(H,41,47)/t28-,31+,32-,33-,34+/m1/s1. The molecule has 3 rings (SSSR count). The molecule has 18 heteroatoms. The van der Waals surface area contributed by atoms with Crippen LogP contribution in [-0.4, -0.2) is 105 Å². The molecule has 0 radical (unpaired) electrons. The third-order valence-electron chi connectivity index (χ3n) is 7.58. The van der Waals surface area contributed by atoms with E-state index in [1.54, 1.807) is 24.3 Å². The van der Waals surface area contributed by atoms with Crippen LogP contribution < -0.4 is 20.9 Å². The van der Waals surface area contributed by atoms with Crippen LogP contribution in [0.15, 0.2) is 48.5 Å². The molecule has 1 fully saturated rings. The van der Waals surface area contributed by atoms with Crippen molar-refractivity contribution in [3.8, 4) is 0 Å². The molecule has 15 nitrogen and oxygen atoms in total. The van der Waals surface area contributed by atoms with E-state index < -0.39 is 73.8 Å². The molecule has 1 aliphatic rings. The zero-order valence-electron chi connectivity index (χ0n) is 29.4. The molecule has 2 aromatic carbocycles. The van der Waals surface area contributed by atoms with Gasteiger partial charge in [0.2, 0.25) is 24.3 Å². The number of hydrogen-bond donors (Lipinski definition) is 3. The number of amides is 3. The highest BCUT2D eigenvalue weighted by atomic mass is 35.5. The van der Waals surface area contributed by atoms with Gasteiger partial charge >= 0.3 is 24.0 Å². The van der Waals surface area contributed by atoms with Crippen LogP contribution in [0.2, 0.25) is 0 Å². The topological polar surface area (TPSA) is 188 Å². The molecule has 5 atom stereocenters. The Morgan fingerprint density at radius 2 is 1.34 bits per heavy atom. The first-order valence-electron chi connectivity index (χ1n) is 16.7. The molecule has 1 heterocycles. The summed E-state index contributed by atoms with van der Waals surface area (Å²) in [6, 6.07) is 14.4. The number of benzene rings is 2. The van der Waals surface area contributed by atoms with Crippen molar-refractivity contribution in [3.63, 3.8) is 0 Å². The molecular formula is C35H43Cl2FN4O11. The average molecular weight is 786 g/mol. The van der Waals surface area contributed by atoms with E-state index in [2.05, 4.69) is 20.9 Å². The van der Waals surface area contributed by atoms with E-state index >= 15 is 4.39 Å². The summed E-state index contributed by atoms with van der Waals surface area (Å²) in [4.78, 5) is 74.2. The Hall–Kier alpha value is -4.67. The maximum absolute atomic E-state index is 15.4. The average Bonchev–Trinajstić information content (AvgIpc) is 3.10. The molecule has 2 aromatic rings. The van der Waals surface area contributed by atoms with Gasteiger partial charge < -0.3 is 44.5 Å². The molecule has 290 valence electrons. The van der Waals surface area contributed by atoms with E-state index in [-0.39, 0.29) is 5.91 Å². The van der Waals surface area contributed by atoms with Gasteiger partial charge in [-0.15, -0.1) is 23.2 Å².